The SMILES string of the molecule is CCCC(=O)N(c1ncnc2c1ncn2[C@@H]1O[C@H](COP(=O)(O)OP(=O)(O)OC[C@H]2O[C@@H]([n+]3cccc(C(N)=O)c3)[C@H](O)[C@@H]2O)[C@@H](O)[C@H]1O)C1C=CC=C1. The molecule has 22 nitrogen and oxygen atoms in total. The number of fused-ring (bicyclic) bond motifs is 1. The topological polar surface area (TPSA) is 313 Å². The highest BCUT2D eigenvalue weighted by Gasteiger charge is 2.50. The number of aliphatic hydroxyl groups is 4. The Hall–Kier alpha value is -3.86. The number of nitrogens with two attached hydrogens (primary N) is 1. The molecule has 0 radical (unpaired) electrons. The molecule has 8 N–H and O–H groups in total. The highest BCUT2D eigenvalue weighted by molar-refractivity contribution is 7.61. The normalized spacial score (nSPS) is 29.1. The van der Waals surface area contributed by atoms with Crippen LogP contribution in [0.3, 0.4) is 0 Å². The van der Waals surface area contributed by atoms with E-state index in [0.717, 1.165) is 0 Å². The quantitative estimate of drug-likeness (QED) is 0.0718. The molecule has 2 unspecified atom stereocenters. The van der Waals surface area contributed by atoms with Crippen molar-refractivity contribution in [2.45, 2.75) is 74.9 Å². The molecule has 3 aliphatic rings. The summed E-state index contributed by atoms with van der Waals surface area (Å²) in [6.07, 6.45) is 0.865. The minimum atomic E-state index is -5.44. The summed E-state index contributed by atoms with van der Waals surface area (Å²) in [5, 5.41) is 42.5. The third kappa shape index (κ3) is 8.36. The highest BCUT2D eigenvalue weighted by Crippen LogP contribution is 2.60. The van der Waals surface area contributed by atoms with Crippen molar-refractivity contribution in [2.75, 3.05) is 18.1 Å². The van der Waals surface area contributed by atoms with Gasteiger partial charge in [-0.15, -0.1) is 0 Å². The average Bonchev–Trinajstić information content (AvgIpc) is 3.92. The lowest BCUT2D eigenvalue weighted by atomic mass is 10.1. The molecule has 1 aliphatic carbocycles. The largest absolute Gasteiger partial charge is 0.481 e. The van der Waals surface area contributed by atoms with Crippen molar-refractivity contribution in [1.82, 2.24) is 19.5 Å². The Bertz CT molecular complexity index is 2020. The van der Waals surface area contributed by atoms with Crippen LogP contribution in [0, 0.1) is 0 Å². The Morgan fingerprint density at radius 1 is 0.963 bits per heavy atom. The molecule has 2 saturated heterocycles. The molecule has 54 heavy (non-hydrogen) atoms. The fraction of sp³-hybridized carbons (Fsp3) is 0.467. The number of aromatic nitrogens is 5. The van der Waals surface area contributed by atoms with Crippen molar-refractivity contribution in [3.05, 3.63) is 67.0 Å². The van der Waals surface area contributed by atoms with Gasteiger partial charge in [-0.3, -0.25) is 28.1 Å². The Morgan fingerprint density at radius 2 is 1.61 bits per heavy atom. The predicted octanol–water partition coefficient (Wildman–Crippen LogP) is -0.970. The van der Waals surface area contributed by atoms with E-state index in [1.54, 1.807) is 24.3 Å². The van der Waals surface area contributed by atoms with E-state index in [-0.39, 0.29) is 34.9 Å². The molecule has 0 aromatic carbocycles. The molecule has 10 atom stereocenters. The van der Waals surface area contributed by atoms with Crippen LogP contribution in [0.15, 0.2) is 61.5 Å². The summed E-state index contributed by atoms with van der Waals surface area (Å²) in [6.45, 7) is 0.00859. The zero-order chi connectivity index (χ0) is 38.9. The number of phosphoric ester groups is 2. The molecule has 24 heteroatoms. The van der Waals surface area contributed by atoms with Crippen molar-refractivity contribution in [1.29, 1.82) is 0 Å². The van der Waals surface area contributed by atoms with Crippen molar-refractivity contribution in [3.63, 3.8) is 0 Å². The van der Waals surface area contributed by atoms with E-state index in [1.807, 2.05) is 6.92 Å². The van der Waals surface area contributed by atoms with Gasteiger partial charge in [0.05, 0.1) is 25.6 Å². The number of carbonyl (C=O) groups excluding carboxylic acids is 2. The standard InChI is InChI=1S/C30H37N7O15P2/c1-2-6-20(38)37(17-8-3-4-9-17)28-21-27(32-14-33-28)36(15-34-21)30-25(42)23(40)19(51-30)13-49-54(46,47)52-53(44,45)48-12-18-22(39)24(41)29(50-18)35-10-5-7-16(11-35)26(31)43/h3-5,7-11,14-15,17-19,22-25,29-30,39-42H,2,6,12-13H2,1H3,(H3-,31,43,44,45,46,47)/p+1/t18-,19-,22-,23-,24-,25-,29-,30-/m1/s1. The maximum atomic E-state index is 13.1. The monoisotopic (exact) mass is 798 g/mol. The van der Waals surface area contributed by atoms with Gasteiger partial charge in [-0.2, -0.15) is 8.88 Å². The molecule has 3 aromatic heterocycles. The average molecular weight is 799 g/mol. The lowest BCUT2D eigenvalue weighted by Gasteiger charge is -2.26. The summed E-state index contributed by atoms with van der Waals surface area (Å²) in [5.41, 5.74) is 5.64. The molecular weight excluding hydrogens is 760 g/mol. The van der Waals surface area contributed by atoms with Gasteiger partial charge < -0.3 is 45.4 Å². The zero-order valence-electron chi connectivity index (χ0n) is 28.3. The minimum Gasteiger partial charge on any atom is -0.387 e. The van der Waals surface area contributed by atoms with E-state index in [0.29, 0.717) is 6.42 Å². The van der Waals surface area contributed by atoms with Gasteiger partial charge in [-0.25, -0.2) is 24.1 Å². The van der Waals surface area contributed by atoms with Crippen LogP contribution < -0.4 is 15.2 Å². The second-order valence-electron chi connectivity index (χ2n) is 12.4. The number of pyridine rings is 1. The number of hydrogen-bond donors (Lipinski definition) is 7. The molecule has 0 saturated carbocycles. The van der Waals surface area contributed by atoms with E-state index < -0.39 is 89.9 Å². The Balaban J connectivity index is 1.07. The fourth-order valence-electron chi connectivity index (χ4n) is 6.07. The van der Waals surface area contributed by atoms with Gasteiger partial charge in [-0.1, -0.05) is 31.2 Å². The van der Waals surface area contributed by atoms with Crippen molar-refractivity contribution in [3.8, 4) is 0 Å². The number of primary amides is 1. The third-order valence-corrected chi connectivity index (χ3v) is 11.3. The number of ether oxygens (including phenoxy) is 2. The Morgan fingerprint density at radius 3 is 2.26 bits per heavy atom. The Labute approximate surface area is 305 Å². The summed E-state index contributed by atoms with van der Waals surface area (Å²) in [7, 11) is -10.9. The van der Waals surface area contributed by atoms with Gasteiger partial charge in [0.2, 0.25) is 5.91 Å². The van der Waals surface area contributed by atoms with E-state index in [2.05, 4.69) is 19.3 Å². The molecule has 0 spiro atoms. The summed E-state index contributed by atoms with van der Waals surface area (Å²) in [4.78, 5) is 59.4. The van der Waals surface area contributed by atoms with Crippen molar-refractivity contribution < 1.29 is 76.3 Å². The Kier molecular flexibility index (Phi) is 11.9. The lowest BCUT2D eigenvalue weighted by molar-refractivity contribution is -0.765. The first kappa shape index (κ1) is 39.8. The van der Waals surface area contributed by atoms with Crippen molar-refractivity contribution >= 4 is 44.4 Å². The molecule has 5 heterocycles. The smallest absolute Gasteiger partial charge is 0.387 e. The summed E-state index contributed by atoms with van der Waals surface area (Å²) < 4.78 is 52.9. The maximum absolute atomic E-state index is 13.1. The van der Waals surface area contributed by atoms with Crippen molar-refractivity contribution in [2.24, 2.45) is 5.73 Å². The number of allylic oxidation sites excluding steroid dienone is 2. The number of carbonyl (C=O) groups is 2. The van der Waals surface area contributed by atoms with Crippen LogP contribution in [-0.2, 0) is 36.8 Å². The molecule has 3 aromatic rings. The van der Waals surface area contributed by atoms with Gasteiger partial charge in [0.15, 0.2) is 41.7 Å². The van der Waals surface area contributed by atoms with Gasteiger partial charge in [0.25, 0.3) is 12.1 Å². The van der Waals surface area contributed by atoms with Gasteiger partial charge in [-0.05, 0) is 12.5 Å². The van der Waals surface area contributed by atoms with Gasteiger partial charge in [0, 0.05) is 12.5 Å². The first-order valence-corrected chi connectivity index (χ1v) is 19.4. The number of anilines is 1. The summed E-state index contributed by atoms with van der Waals surface area (Å²) >= 11 is 0. The van der Waals surface area contributed by atoms with Gasteiger partial charge >= 0.3 is 15.6 Å². The molecule has 0 bridgehead atoms. The fourth-order valence-corrected chi connectivity index (χ4v) is 8.16. The second-order valence-corrected chi connectivity index (χ2v) is 15.4. The van der Waals surface area contributed by atoms with E-state index in [1.165, 1.54) is 51.2 Å². The molecule has 2 fully saturated rings. The molecular formula is C30H38N7O15P2+. The van der Waals surface area contributed by atoms with Gasteiger partial charge in [0.1, 0.15) is 42.4 Å². The lowest BCUT2D eigenvalue weighted by Crippen LogP contribution is -2.46. The molecule has 2 amide bonds. The number of aliphatic hydroxyl groups excluding tert-OH is 4. The second kappa shape index (κ2) is 16.1. The maximum Gasteiger partial charge on any atom is 0.481 e. The third-order valence-electron chi connectivity index (χ3n) is 8.69. The first-order chi connectivity index (χ1) is 25.6. The highest BCUT2D eigenvalue weighted by atomic mass is 31.3. The molecule has 292 valence electrons. The van der Waals surface area contributed by atoms with Crippen LogP contribution >= 0.6 is 15.6 Å². The summed E-state index contributed by atoms with van der Waals surface area (Å²) in [6, 6.07) is 2.40. The van der Waals surface area contributed by atoms with E-state index in [4.69, 9.17) is 24.3 Å². The number of hydrogen-bond acceptors (Lipinski definition) is 16. The van der Waals surface area contributed by atoms with Crippen LogP contribution in [0.25, 0.3) is 11.2 Å². The molecule has 6 rings (SSSR count). The summed E-state index contributed by atoms with van der Waals surface area (Å²) in [5.74, 6) is -0.794. The van der Waals surface area contributed by atoms with E-state index >= 15 is 0 Å². The van der Waals surface area contributed by atoms with E-state index in [9.17, 15) is 48.9 Å². The minimum absolute atomic E-state index is 0.0622. The zero-order valence-corrected chi connectivity index (χ0v) is 30.1. The first-order valence-electron chi connectivity index (χ1n) is 16.4. The number of imidazole rings is 1. The molecule has 2 aliphatic heterocycles. The van der Waals surface area contributed by atoms with Crippen LogP contribution in [-0.4, -0.2) is 117 Å². The number of rotatable bonds is 15. The number of amides is 2. The van der Waals surface area contributed by atoms with Crippen LogP contribution in [0.1, 0.15) is 42.6 Å². The number of phosphoric acid groups is 2. The predicted molar refractivity (Wildman–Crippen MR) is 179 cm³/mol. The van der Waals surface area contributed by atoms with Crippen LogP contribution in [0.5, 0.6) is 0 Å². The van der Waals surface area contributed by atoms with Crippen LogP contribution in [0.2, 0.25) is 0 Å². The number of nitrogens with zero attached hydrogens (tertiary/aromatic N) is 6. The van der Waals surface area contributed by atoms with Crippen LogP contribution in [0.4, 0.5) is 5.82 Å².